The molecule has 1 aromatic carbocycles. The smallest absolute Gasteiger partial charge is 0.120 e. The lowest BCUT2D eigenvalue weighted by Crippen LogP contribution is -2.38. The number of nitrogens with zero attached hydrogens (tertiary/aromatic N) is 1. The van der Waals surface area contributed by atoms with Crippen molar-refractivity contribution >= 4 is 11.6 Å². The second-order valence-electron chi connectivity index (χ2n) is 5.07. The predicted octanol–water partition coefficient (Wildman–Crippen LogP) is 2.94. The van der Waals surface area contributed by atoms with E-state index >= 15 is 0 Å². The van der Waals surface area contributed by atoms with Crippen LogP contribution >= 0.6 is 11.6 Å². The second-order valence-corrected chi connectivity index (χ2v) is 5.48. The van der Waals surface area contributed by atoms with Gasteiger partial charge in [-0.2, -0.15) is 0 Å². The summed E-state index contributed by atoms with van der Waals surface area (Å²) < 4.78 is 5.12. The zero-order chi connectivity index (χ0) is 13.8. The predicted molar refractivity (Wildman–Crippen MR) is 75.3 cm³/mol. The van der Waals surface area contributed by atoms with Gasteiger partial charge in [-0.25, -0.2) is 0 Å². The average Bonchev–Trinajstić information content (AvgIpc) is 2.28. The number of likely N-dealkylation sites (N-methyl/N-ethyl adjacent to an activating group) is 1. The third kappa shape index (κ3) is 4.84. The Kier molecular flexibility index (Phi) is 5.45. The van der Waals surface area contributed by atoms with Gasteiger partial charge in [-0.3, -0.25) is 4.90 Å². The van der Waals surface area contributed by atoms with Gasteiger partial charge in [-0.1, -0.05) is 24.6 Å². The largest absolute Gasteiger partial charge is 0.497 e. The van der Waals surface area contributed by atoms with Gasteiger partial charge in [0.05, 0.1) is 12.7 Å². The van der Waals surface area contributed by atoms with Crippen LogP contribution in [0.15, 0.2) is 18.2 Å². The minimum absolute atomic E-state index is 0.617. The van der Waals surface area contributed by atoms with Gasteiger partial charge in [0.25, 0.3) is 0 Å². The number of benzene rings is 1. The first kappa shape index (κ1) is 15.3. The molecule has 0 unspecified atom stereocenters. The molecule has 0 bridgehead atoms. The van der Waals surface area contributed by atoms with E-state index in [1.54, 1.807) is 7.11 Å². The van der Waals surface area contributed by atoms with E-state index in [4.69, 9.17) is 16.3 Å². The zero-order valence-electron chi connectivity index (χ0n) is 11.5. The molecular formula is C14H22ClNO2. The van der Waals surface area contributed by atoms with Crippen molar-refractivity contribution in [2.45, 2.75) is 32.9 Å². The fraction of sp³-hybridized carbons (Fsp3) is 0.571. The normalized spacial score (nSPS) is 11.9. The molecule has 0 amide bonds. The molecule has 0 aromatic heterocycles. The van der Waals surface area contributed by atoms with Gasteiger partial charge in [0.1, 0.15) is 5.75 Å². The summed E-state index contributed by atoms with van der Waals surface area (Å²) >= 11 is 6.21. The quantitative estimate of drug-likeness (QED) is 0.864. The van der Waals surface area contributed by atoms with Gasteiger partial charge < -0.3 is 9.84 Å². The highest BCUT2D eigenvalue weighted by atomic mass is 35.5. The average molecular weight is 272 g/mol. The number of rotatable bonds is 6. The first-order chi connectivity index (χ1) is 8.35. The molecule has 1 N–H and O–H groups in total. The van der Waals surface area contributed by atoms with Crippen LogP contribution in [-0.4, -0.2) is 35.8 Å². The Bertz CT molecular complexity index is 388. The van der Waals surface area contributed by atoms with Gasteiger partial charge in [0.2, 0.25) is 0 Å². The molecule has 0 radical (unpaired) electrons. The Hall–Kier alpha value is -0.770. The molecule has 0 aliphatic rings. The van der Waals surface area contributed by atoms with E-state index in [2.05, 4.69) is 11.8 Å². The first-order valence-electron chi connectivity index (χ1n) is 6.13. The van der Waals surface area contributed by atoms with Crippen LogP contribution in [0.5, 0.6) is 5.75 Å². The summed E-state index contributed by atoms with van der Waals surface area (Å²) in [6, 6.07) is 5.68. The maximum atomic E-state index is 9.85. The van der Waals surface area contributed by atoms with Crippen molar-refractivity contribution in [3.05, 3.63) is 28.8 Å². The Morgan fingerprint density at radius 2 is 2.06 bits per heavy atom. The Morgan fingerprint density at radius 3 is 2.50 bits per heavy atom. The topological polar surface area (TPSA) is 32.7 Å². The monoisotopic (exact) mass is 271 g/mol. The van der Waals surface area contributed by atoms with Crippen LogP contribution in [0.1, 0.15) is 26.3 Å². The Labute approximate surface area is 114 Å². The van der Waals surface area contributed by atoms with Gasteiger partial charge >= 0.3 is 0 Å². The lowest BCUT2D eigenvalue weighted by atomic mass is 10.1. The van der Waals surface area contributed by atoms with Gasteiger partial charge in [-0.05, 0) is 38.1 Å². The van der Waals surface area contributed by atoms with Crippen molar-refractivity contribution in [1.29, 1.82) is 0 Å². The van der Waals surface area contributed by atoms with E-state index in [0.29, 0.717) is 11.6 Å². The fourth-order valence-electron chi connectivity index (χ4n) is 1.85. The summed E-state index contributed by atoms with van der Waals surface area (Å²) in [7, 11) is 1.62. The number of hydrogen-bond donors (Lipinski definition) is 1. The minimum Gasteiger partial charge on any atom is -0.497 e. The standard InChI is InChI=1S/C14H22ClNO2/c1-5-16(10-14(2,3)17)9-11-6-7-12(18-4)8-13(11)15/h6-8,17H,5,9-10H2,1-4H3. The summed E-state index contributed by atoms with van der Waals surface area (Å²) in [5.74, 6) is 0.759. The van der Waals surface area contributed by atoms with E-state index < -0.39 is 5.60 Å². The van der Waals surface area contributed by atoms with Crippen molar-refractivity contribution in [2.75, 3.05) is 20.2 Å². The van der Waals surface area contributed by atoms with Crippen molar-refractivity contribution in [3.63, 3.8) is 0 Å². The van der Waals surface area contributed by atoms with E-state index in [0.717, 1.165) is 24.4 Å². The second kappa shape index (κ2) is 6.41. The van der Waals surface area contributed by atoms with Crippen LogP contribution < -0.4 is 4.74 Å². The molecule has 0 spiro atoms. The molecule has 3 nitrogen and oxygen atoms in total. The third-order valence-corrected chi connectivity index (χ3v) is 3.06. The number of halogens is 1. The summed E-state index contributed by atoms with van der Waals surface area (Å²) in [6.45, 7) is 7.90. The lowest BCUT2D eigenvalue weighted by molar-refractivity contribution is 0.0353. The summed E-state index contributed by atoms with van der Waals surface area (Å²) in [4.78, 5) is 2.16. The van der Waals surface area contributed by atoms with E-state index in [9.17, 15) is 5.11 Å². The van der Waals surface area contributed by atoms with Gasteiger partial charge in [0, 0.05) is 18.1 Å². The van der Waals surface area contributed by atoms with E-state index in [-0.39, 0.29) is 0 Å². The maximum Gasteiger partial charge on any atom is 0.120 e. The van der Waals surface area contributed by atoms with Crippen molar-refractivity contribution in [3.8, 4) is 5.75 Å². The van der Waals surface area contributed by atoms with Crippen LogP contribution in [-0.2, 0) is 6.54 Å². The number of methoxy groups -OCH3 is 1. The molecule has 0 atom stereocenters. The van der Waals surface area contributed by atoms with Crippen molar-refractivity contribution in [2.24, 2.45) is 0 Å². The van der Waals surface area contributed by atoms with Crippen molar-refractivity contribution < 1.29 is 9.84 Å². The Balaban J connectivity index is 2.76. The number of hydrogen-bond acceptors (Lipinski definition) is 3. The highest BCUT2D eigenvalue weighted by Crippen LogP contribution is 2.24. The Morgan fingerprint density at radius 1 is 1.39 bits per heavy atom. The van der Waals surface area contributed by atoms with Crippen molar-refractivity contribution in [1.82, 2.24) is 4.90 Å². The molecule has 0 heterocycles. The number of ether oxygens (including phenoxy) is 1. The zero-order valence-corrected chi connectivity index (χ0v) is 12.3. The van der Waals surface area contributed by atoms with Gasteiger partial charge in [0.15, 0.2) is 0 Å². The van der Waals surface area contributed by atoms with Crippen LogP contribution in [0.25, 0.3) is 0 Å². The van der Waals surface area contributed by atoms with E-state index in [1.807, 2.05) is 32.0 Å². The SMILES string of the molecule is CCN(Cc1ccc(OC)cc1Cl)CC(C)(C)O. The fourth-order valence-corrected chi connectivity index (χ4v) is 2.08. The highest BCUT2D eigenvalue weighted by Gasteiger charge is 2.18. The number of aliphatic hydroxyl groups is 1. The van der Waals surface area contributed by atoms with Gasteiger partial charge in [-0.15, -0.1) is 0 Å². The van der Waals surface area contributed by atoms with Crippen LogP contribution in [0.2, 0.25) is 5.02 Å². The molecule has 102 valence electrons. The maximum absolute atomic E-state index is 9.85. The molecule has 18 heavy (non-hydrogen) atoms. The molecule has 0 saturated heterocycles. The lowest BCUT2D eigenvalue weighted by Gasteiger charge is -2.28. The molecule has 4 heteroatoms. The summed E-state index contributed by atoms with van der Waals surface area (Å²) in [5.41, 5.74) is 0.346. The minimum atomic E-state index is -0.699. The molecule has 1 aromatic rings. The summed E-state index contributed by atoms with van der Waals surface area (Å²) in [5, 5.41) is 10.6. The third-order valence-electron chi connectivity index (χ3n) is 2.71. The molecule has 0 aliphatic heterocycles. The van der Waals surface area contributed by atoms with Crippen LogP contribution in [0, 0.1) is 0 Å². The van der Waals surface area contributed by atoms with Crippen LogP contribution in [0.3, 0.4) is 0 Å². The molecular weight excluding hydrogens is 250 g/mol. The molecule has 0 fully saturated rings. The van der Waals surface area contributed by atoms with E-state index in [1.165, 1.54) is 0 Å². The highest BCUT2D eigenvalue weighted by molar-refractivity contribution is 6.31. The molecule has 0 saturated carbocycles. The summed E-state index contributed by atoms with van der Waals surface area (Å²) in [6.07, 6.45) is 0. The molecule has 1 rings (SSSR count). The van der Waals surface area contributed by atoms with Crippen LogP contribution in [0.4, 0.5) is 0 Å². The molecule has 0 aliphatic carbocycles. The first-order valence-corrected chi connectivity index (χ1v) is 6.50.